The highest BCUT2D eigenvalue weighted by Crippen LogP contribution is 2.17. The van der Waals surface area contributed by atoms with Gasteiger partial charge in [-0.1, -0.05) is 35.0 Å². The fraction of sp³-hybridized carbons (Fsp3) is 0.200. The Morgan fingerprint density at radius 3 is 2.50 bits per heavy atom. The Kier molecular flexibility index (Phi) is 2.18. The van der Waals surface area contributed by atoms with Crippen molar-refractivity contribution in [3.63, 3.8) is 0 Å². The first-order valence-corrected chi connectivity index (χ1v) is 4.38. The highest BCUT2D eigenvalue weighted by atomic mass is 16.5. The molecule has 0 unspecified atom stereocenters. The molecule has 0 fully saturated rings. The van der Waals surface area contributed by atoms with E-state index in [1.165, 1.54) is 5.56 Å². The van der Waals surface area contributed by atoms with Gasteiger partial charge in [0.05, 0.1) is 0 Å². The van der Waals surface area contributed by atoms with Crippen molar-refractivity contribution in [3.05, 3.63) is 29.8 Å². The highest BCUT2D eigenvalue weighted by Gasteiger charge is 2.05. The van der Waals surface area contributed by atoms with E-state index < -0.39 is 0 Å². The van der Waals surface area contributed by atoms with Crippen molar-refractivity contribution in [2.45, 2.75) is 6.92 Å². The minimum absolute atomic E-state index is 0.431. The topological polar surface area (TPSA) is 51.0 Å². The van der Waals surface area contributed by atoms with E-state index in [1.807, 2.05) is 31.2 Å². The van der Waals surface area contributed by atoms with E-state index in [0.717, 1.165) is 5.56 Å². The van der Waals surface area contributed by atoms with Crippen LogP contribution in [0.15, 0.2) is 28.8 Å². The monoisotopic (exact) mass is 189 g/mol. The highest BCUT2D eigenvalue weighted by molar-refractivity contribution is 5.55. The van der Waals surface area contributed by atoms with Gasteiger partial charge in [0.1, 0.15) is 0 Å². The lowest BCUT2D eigenvalue weighted by Gasteiger charge is -1.94. The second kappa shape index (κ2) is 3.49. The Labute approximate surface area is 82.0 Å². The zero-order chi connectivity index (χ0) is 9.97. The molecule has 1 heterocycles. The number of aryl methyl sites for hydroxylation is 1. The van der Waals surface area contributed by atoms with Crippen molar-refractivity contribution >= 4 is 6.01 Å². The first-order valence-electron chi connectivity index (χ1n) is 4.38. The van der Waals surface area contributed by atoms with E-state index in [1.54, 1.807) is 7.05 Å². The summed E-state index contributed by atoms with van der Waals surface area (Å²) in [5, 5.41) is 6.63. The lowest BCUT2D eigenvalue weighted by atomic mass is 10.1. The third kappa shape index (κ3) is 1.59. The van der Waals surface area contributed by atoms with E-state index in [2.05, 4.69) is 15.5 Å². The summed E-state index contributed by atoms with van der Waals surface area (Å²) >= 11 is 0. The Morgan fingerprint density at radius 2 is 1.93 bits per heavy atom. The van der Waals surface area contributed by atoms with E-state index in [9.17, 15) is 0 Å². The number of hydrogen-bond acceptors (Lipinski definition) is 4. The maximum Gasteiger partial charge on any atom is 0.321 e. The van der Waals surface area contributed by atoms with Crippen LogP contribution >= 0.6 is 0 Å². The van der Waals surface area contributed by atoms with Gasteiger partial charge in [-0.25, -0.2) is 0 Å². The SMILES string of the molecule is CNc1nc(-c2ccc(C)cc2)no1. The lowest BCUT2D eigenvalue weighted by Crippen LogP contribution is -1.87. The standard InChI is InChI=1S/C10H11N3O/c1-7-3-5-8(6-4-7)9-12-10(11-2)14-13-9/h3-6H,1-2H3,(H,11,12,13). The zero-order valence-corrected chi connectivity index (χ0v) is 8.11. The van der Waals surface area contributed by atoms with Gasteiger partial charge in [-0.05, 0) is 6.92 Å². The summed E-state index contributed by atoms with van der Waals surface area (Å²) in [4.78, 5) is 4.14. The number of nitrogens with zero attached hydrogens (tertiary/aromatic N) is 2. The summed E-state index contributed by atoms with van der Waals surface area (Å²) < 4.78 is 4.93. The summed E-state index contributed by atoms with van der Waals surface area (Å²) in [7, 11) is 1.74. The summed E-state index contributed by atoms with van der Waals surface area (Å²) in [6.07, 6.45) is 0. The fourth-order valence-electron chi connectivity index (χ4n) is 1.14. The molecule has 1 N–H and O–H groups in total. The molecule has 0 aliphatic heterocycles. The molecule has 0 radical (unpaired) electrons. The van der Waals surface area contributed by atoms with Crippen LogP contribution < -0.4 is 5.32 Å². The molecular formula is C10H11N3O. The third-order valence-corrected chi connectivity index (χ3v) is 1.95. The minimum atomic E-state index is 0.431. The van der Waals surface area contributed by atoms with Gasteiger partial charge >= 0.3 is 6.01 Å². The number of aromatic nitrogens is 2. The molecule has 0 aliphatic carbocycles. The van der Waals surface area contributed by atoms with Gasteiger partial charge in [-0.15, -0.1) is 0 Å². The molecule has 0 bridgehead atoms. The summed E-state index contributed by atoms with van der Waals surface area (Å²) in [5.74, 6) is 0.606. The molecule has 1 aromatic heterocycles. The number of benzene rings is 1. The van der Waals surface area contributed by atoms with Crippen molar-refractivity contribution in [2.75, 3.05) is 12.4 Å². The van der Waals surface area contributed by atoms with Crippen molar-refractivity contribution in [1.29, 1.82) is 0 Å². The van der Waals surface area contributed by atoms with Crippen LogP contribution in [-0.2, 0) is 0 Å². The van der Waals surface area contributed by atoms with Crippen LogP contribution in [0.3, 0.4) is 0 Å². The Bertz CT molecular complexity index is 419. The van der Waals surface area contributed by atoms with E-state index >= 15 is 0 Å². The molecule has 0 saturated carbocycles. The van der Waals surface area contributed by atoms with Crippen molar-refractivity contribution < 1.29 is 4.52 Å². The smallest absolute Gasteiger partial charge is 0.321 e. The molecule has 0 aliphatic rings. The van der Waals surface area contributed by atoms with Crippen molar-refractivity contribution in [1.82, 2.24) is 10.1 Å². The first-order chi connectivity index (χ1) is 6.79. The van der Waals surface area contributed by atoms with E-state index in [-0.39, 0.29) is 0 Å². The van der Waals surface area contributed by atoms with Gasteiger partial charge in [-0.3, -0.25) is 0 Å². The summed E-state index contributed by atoms with van der Waals surface area (Å²) in [6.45, 7) is 2.04. The number of hydrogen-bond donors (Lipinski definition) is 1. The second-order valence-electron chi connectivity index (χ2n) is 3.04. The van der Waals surface area contributed by atoms with Crippen molar-refractivity contribution in [2.24, 2.45) is 0 Å². The average molecular weight is 189 g/mol. The molecule has 0 amide bonds. The van der Waals surface area contributed by atoms with Gasteiger partial charge in [0.15, 0.2) is 0 Å². The van der Waals surface area contributed by atoms with Gasteiger partial charge in [-0.2, -0.15) is 4.98 Å². The quantitative estimate of drug-likeness (QED) is 0.785. The summed E-state index contributed by atoms with van der Waals surface area (Å²) in [6, 6.07) is 8.41. The van der Waals surface area contributed by atoms with Crippen LogP contribution in [0, 0.1) is 6.92 Å². The predicted octanol–water partition coefficient (Wildman–Crippen LogP) is 2.09. The minimum Gasteiger partial charge on any atom is -0.341 e. The van der Waals surface area contributed by atoms with Gasteiger partial charge in [0.2, 0.25) is 5.82 Å². The molecule has 0 atom stereocenters. The second-order valence-corrected chi connectivity index (χ2v) is 3.04. The average Bonchev–Trinajstić information content (AvgIpc) is 2.67. The largest absolute Gasteiger partial charge is 0.341 e. The molecule has 2 rings (SSSR count). The molecule has 0 spiro atoms. The molecule has 0 saturated heterocycles. The zero-order valence-electron chi connectivity index (χ0n) is 8.11. The van der Waals surface area contributed by atoms with Crippen LogP contribution in [0.25, 0.3) is 11.4 Å². The van der Waals surface area contributed by atoms with Crippen LogP contribution in [0.5, 0.6) is 0 Å². The van der Waals surface area contributed by atoms with Crippen LogP contribution in [0.4, 0.5) is 6.01 Å². The Hall–Kier alpha value is -1.84. The van der Waals surface area contributed by atoms with Gasteiger partial charge in [0, 0.05) is 12.6 Å². The number of nitrogens with one attached hydrogen (secondary N) is 1. The Morgan fingerprint density at radius 1 is 1.21 bits per heavy atom. The van der Waals surface area contributed by atoms with Crippen molar-refractivity contribution in [3.8, 4) is 11.4 Å². The Balaban J connectivity index is 2.34. The van der Waals surface area contributed by atoms with Crippen LogP contribution in [-0.4, -0.2) is 17.2 Å². The normalized spacial score (nSPS) is 10.1. The molecule has 2 aromatic rings. The molecular weight excluding hydrogens is 178 g/mol. The molecule has 1 aromatic carbocycles. The van der Waals surface area contributed by atoms with Gasteiger partial charge in [0.25, 0.3) is 0 Å². The third-order valence-electron chi connectivity index (χ3n) is 1.95. The first kappa shape index (κ1) is 8.74. The van der Waals surface area contributed by atoms with E-state index in [0.29, 0.717) is 11.8 Å². The fourth-order valence-corrected chi connectivity index (χ4v) is 1.14. The molecule has 4 heteroatoms. The maximum absolute atomic E-state index is 4.93. The molecule has 4 nitrogen and oxygen atoms in total. The lowest BCUT2D eigenvalue weighted by molar-refractivity contribution is 0.434. The number of anilines is 1. The van der Waals surface area contributed by atoms with Gasteiger partial charge < -0.3 is 9.84 Å². The number of rotatable bonds is 2. The maximum atomic E-state index is 4.93. The molecule has 72 valence electrons. The van der Waals surface area contributed by atoms with Crippen LogP contribution in [0.2, 0.25) is 0 Å². The predicted molar refractivity (Wildman–Crippen MR) is 54.0 cm³/mol. The summed E-state index contributed by atoms with van der Waals surface area (Å²) in [5.41, 5.74) is 2.17. The van der Waals surface area contributed by atoms with E-state index in [4.69, 9.17) is 4.52 Å². The van der Waals surface area contributed by atoms with Crippen LogP contribution in [0.1, 0.15) is 5.56 Å². The molecule has 14 heavy (non-hydrogen) atoms.